The van der Waals surface area contributed by atoms with Gasteiger partial charge in [0.1, 0.15) is 6.61 Å². The molecule has 29 heavy (non-hydrogen) atoms. The Labute approximate surface area is 177 Å². The molecule has 162 valence electrons. The minimum Gasteiger partial charge on any atom is -0.428 e. The van der Waals surface area contributed by atoms with Crippen LogP contribution in [0.4, 0.5) is 0 Å². The van der Waals surface area contributed by atoms with Crippen LogP contribution in [0.1, 0.15) is 78.1 Å². The first-order valence-corrected chi connectivity index (χ1v) is 11.8. The summed E-state index contributed by atoms with van der Waals surface area (Å²) in [6.07, 6.45) is 15.9. The van der Waals surface area contributed by atoms with Crippen molar-refractivity contribution in [1.29, 1.82) is 5.26 Å². The van der Waals surface area contributed by atoms with E-state index in [1.165, 1.54) is 37.7 Å². The molecule has 3 fully saturated rings. The molecular formula is C25H39NO3. The third-order valence-corrected chi connectivity index (χ3v) is 8.42. The second kappa shape index (κ2) is 10.1. The number of nitrogens with zero attached hydrogens (tertiary/aromatic N) is 1. The number of carbonyl (C=O) groups is 1. The van der Waals surface area contributed by atoms with Gasteiger partial charge < -0.3 is 9.47 Å². The van der Waals surface area contributed by atoms with Gasteiger partial charge in [-0.05, 0) is 99.4 Å². The summed E-state index contributed by atoms with van der Waals surface area (Å²) in [7, 11) is 1.68. The number of ether oxygens (including phenoxy) is 2. The van der Waals surface area contributed by atoms with Crippen LogP contribution in [-0.2, 0) is 14.3 Å². The van der Waals surface area contributed by atoms with Gasteiger partial charge in [-0.3, -0.25) is 4.79 Å². The van der Waals surface area contributed by atoms with Crippen molar-refractivity contribution in [2.45, 2.75) is 78.1 Å². The smallest absolute Gasteiger partial charge is 0.286 e. The summed E-state index contributed by atoms with van der Waals surface area (Å²) in [5.41, 5.74) is 2.03. The maximum absolute atomic E-state index is 12.0. The van der Waals surface area contributed by atoms with Crippen LogP contribution in [0.3, 0.4) is 0 Å². The van der Waals surface area contributed by atoms with E-state index in [4.69, 9.17) is 10.00 Å². The van der Waals surface area contributed by atoms with E-state index in [9.17, 15) is 4.79 Å². The number of allylic oxidation sites excluding steroid dienone is 1. The molecule has 4 heteroatoms. The normalized spacial score (nSPS) is 37.8. The van der Waals surface area contributed by atoms with Crippen molar-refractivity contribution in [2.24, 2.45) is 35.0 Å². The Hall–Kier alpha value is -1.34. The lowest BCUT2D eigenvalue weighted by atomic mass is 9.49. The molecule has 0 aromatic carbocycles. The van der Waals surface area contributed by atoms with E-state index in [1.54, 1.807) is 13.4 Å². The van der Waals surface area contributed by atoms with Gasteiger partial charge in [0, 0.05) is 20.1 Å². The Morgan fingerprint density at radius 1 is 1.28 bits per heavy atom. The number of methoxy groups -OCH3 is 1. The van der Waals surface area contributed by atoms with E-state index in [0.29, 0.717) is 29.6 Å². The summed E-state index contributed by atoms with van der Waals surface area (Å²) in [4.78, 5) is 12.0. The first-order valence-electron chi connectivity index (χ1n) is 11.8. The van der Waals surface area contributed by atoms with E-state index >= 15 is 0 Å². The van der Waals surface area contributed by atoms with Gasteiger partial charge >= 0.3 is 0 Å². The molecule has 6 unspecified atom stereocenters. The van der Waals surface area contributed by atoms with Gasteiger partial charge in [0.2, 0.25) is 0 Å². The molecule has 0 amide bonds. The van der Waals surface area contributed by atoms with Gasteiger partial charge in [-0.2, -0.15) is 5.26 Å². The Morgan fingerprint density at radius 2 is 2.07 bits per heavy atom. The van der Waals surface area contributed by atoms with Crippen LogP contribution >= 0.6 is 0 Å². The third-order valence-electron chi connectivity index (χ3n) is 8.42. The zero-order chi connectivity index (χ0) is 20.9. The summed E-state index contributed by atoms with van der Waals surface area (Å²) in [5.74, 6) is 4.22. The molecule has 0 heterocycles. The van der Waals surface area contributed by atoms with Crippen LogP contribution in [0, 0.1) is 46.5 Å². The van der Waals surface area contributed by atoms with Crippen molar-refractivity contribution in [1.82, 2.24) is 0 Å². The van der Waals surface area contributed by atoms with Crippen molar-refractivity contribution in [3.63, 3.8) is 0 Å². The lowest BCUT2D eigenvalue weighted by Crippen LogP contribution is -2.48. The van der Waals surface area contributed by atoms with Crippen LogP contribution in [0.25, 0.3) is 0 Å². The number of hydrogen-bond donors (Lipinski definition) is 0. The van der Waals surface area contributed by atoms with Crippen LogP contribution in [0.5, 0.6) is 0 Å². The van der Waals surface area contributed by atoms with Crippen LogP contribution < -0.4 is 0 Å². The SMILES string of the molecule is CC12CCCC1C1C(CCCOC#N)CC3=CC(=O)CCC3C1CC2.CCOC. The average Bonchev–Trinajstić information content (AvgIpc) is 3.12. The maximum atomic E-state index is 12.0. The standard InChI is InChI=1S/C22H31NO2.C3H8O/c1-22-9-2-5-20(22)21-15(4-3-11-25-14-23)12-16-13-17(24)6-7-18(16)19(21)8-10-22;1-3-4-2/h13,15,18-21H,2-12H2,1H3;3H2,1-2H3. The molecule has 3 saturated carbocycles. The fraction of sp³-hybridized carbons (Fsp3) is 0.840. The number of fused-ring (bicyclic) bond motifs is 5. The molecule has 0 radical (unpaired) electrons. The van der Waals surface area contributed by atoms with Gasteiger partial charge in [-0.15, -0.1) is 0 Å². The highest BCUT2D eigenvalue weighted by molar-refractivity contribution is 5.91. The van der Waals surface area contributed by atoms with Crippen LogP contribution in [-0.4, -0.2) is 26.1 Å². The minimum atomic E-state index is 0.345. The second-order valence-corrected chi connectivity index (χ2v) is 9.89. The first kappa shape index (κ1) is 22.3. The summed E-state index contributed by atoms with van der Waals surface area (Å²) in [5, 5.41) is 8.61. The maximum Gasteiger partial charge on any atom is 0.286 e. The van der Waals surface area contributed by atoms with Crippen LogP contribution in [0.2, 0.25) is 0 Å². The highest BCUT2D eigenvalue weighted by atomic mass is 16.5. The molecule has 6 atom stereocenters. The Balaban J connectivity index is 0.000000552. The monoisotopic (exact) mass is 401 g/mol. The van der Waals surface area contributed by atoms with Gasteiger partial charge in [0.25, 0.3) is 6.26 Å². The third kappa shape index (κ3) is 4.88. The highest BCUT2D eigenvalue weighted by Gasteiger charge is 2.55. The molecule has 0 aromatic rings. The lowest BCUT2D eigenvalue weighted by Gasteiger charge is -2.56. The van der Waals surface area contributed by atoms with Crippen molar-refractivity contribution >= 4 is 5.78 Å². The van der Waals surface area contributed by atoms with Crippen molar-refractivity contribution in [3.05, 3.63) is 11.6 Å². The Kier molecular flexibility index (Phi) is 7.79. The molecular weight excluding hydrogens is 362 g/mol. The molecule has 0 aromatic heterocycles. The summed E-state index contributed by atoms with van der Waals surface area (Å²) in [6.45, 7) is 5.88. The molecule has 4 rings (SSSR count). The van der Waals surface area contributed by atoms with E-state index < -0.39 is 0 Å². The van der Waals surface area contributed by atoms with Crippen molar-refractivity contribution in [2.75, 3.05) is 20.3 Å². The van der Waals surface area contributed by atoms with Crippen LogP contribution in [0.15, 0.2) is 11.6 Å². The number of hydrogen-bond acceptors (Lipinski definition) is 4. The molecule has 4 aliphatic carbocycles. The van der Waals surface area contributed by atoms with E-state index in [1.807, 2.05) is 13.0 Å². The second-order valence-electron chi connectivity index (χ2n) is 9.89. The fourth-order valence-corrected chi connectivity index (χ4v) is 7.13. The molecule has 4 nitrogen and oxygen atoms in total. The topological polar surface area (TPSA) is 59.3 Å². The lowest BCUT2D eigenvalue weighted by molar-refractivity contribution is -0.116. The van der Waals surface area contributed by atoms with Crippen molar-refractivity contribution < 1.29 is 14.3 Å². The van der Waals surface area contributed by atoms with E-state index in [-0.39, 0.29) is 0 Å². The van der Waals surface area contributed by atoms with Gasteiger partial charge in [-0.25, -0.2) is 0 Å². The number of rotatable bonds is 5. The average molecular weight is 402 g/mol. The first-order chi connectivity index (χ1) is 14.0. The molecule has 0 bridgehead atoms. The fourth-order valence-electron chi connectivity index (χ4n) is 7.13. The molecule has 0 saturated heterocycles. The minimum absolute atomic E-state index is 0.345. The number of carbonyl (C=O) groups excluding carboxylic acids is 1. The van der Waals surface area contributed by atoms with Gasteiger partial charge in [-0.1, -0.05) is 18.9 Å². The summed E-state index contributed by atoms with van der Waals surface area (Å²) >= 11 is 0. The quantitative estimate of drug-likeness (QED) is 0.439. The van der Waals surface area contributed by atoms with Crippen molar-refractivity contribution in [3.8, 4) is 6.26 Å². The van der Waals surface area contributed by atoms with Gasteiger partial charge in [0.05, 0.1) is 0 Å². The van der Waals surface area contributed by atoms with Gasteiger partial charge in [0.15, 0.2) is 5.78 Å². The molecule has 0 spiro atoms. The number of nitriles is 1. The number of ketones is 1. The zero-order valence-corrected chi connectivity index (χ0v) is 18.6. The summed E-state index contributed by atoms with van der Waals surface area (Å²) in [6, 6.07) is 0. The molecule has 0 N–H and O–H groups in total. The molecule has 0 aliphatic heterocycles. The Bertz CT molecular complexity index is 634. The predicted octanol–water partition coefficient (Wildman–Crippen LogP) is 5.67. The zero-order valence-electron chi connectivity index (χ0n) is 18.6. The largest absolute Gasteiger partial charge is 0.428 e. The molecule has 4 aliphatic rings. The van der Waals surface area contributed by atoms with E-state index in [0.717, 1.165) is 56.5 Å². The highest BCUT2D eigenvalue weighted by Crippen LogP contribution is 2.63. The predicted molar refractivity (Wildman–Crippen MR) is 114 cm³/mol. The summed E-state index contributed by atoms with van der Waals surface area (Å²) < 4.78 is 9.47. The van der Waals surface area contributed by atoms with E-state index in [2.05, 4.69) is 11.7 Å². The Morgan fingerprint density at radius 3 is 2.79 bits per heavy atom.